The Morgan fingerprint density at radius 1 is 1.12 bits per heavy atom. The maximum Gasteiger partial charge on any atom is 0.331 e. The van der Waals surface area contributed by atoms with Gasteiger partial charge in [-0.05, 0) is 48.9 Å². The number of nitrogens with one attached hydrogen (secondary N) is 1. The average molecular weight is 394 g/mol. The molecule has 2 aromatic carbocycles. The van der Waals surface area contributed by atoms with Crippen molar-refractivity contribution in [3.63, 3.8) is 0 Å². The van der Waals surface area contributed by atoms with Crippen LogP contribution in [0.4, 0.5) is 5.69 Å². The van der Waals surface area contributed by atoms with Gasteiger partial charge in [-0.15, -0.1) is 0 Å². The Kier molecular flexibility index (Phi) is 7.06. The number of benzene rings is 2. The van der Waals surface area contributed by atoms with E-state index in [-0.39, 0.29) is 0 Å². The van der Waals surface area contributed by atoms with Gasteiger partial charge in [-0.25, -0.2) is 4.79 Å². The number of carbonyl (C=O) groups excluding carboxylic acids is 2. The molecule has 0 aliphatic heterocycles. The van der Waals surface area contributed by atoms with Crippen LogP contribution in [0.3, 0.4) is 0 Å². The summed E-state index contributed by atoms with van der Waals surface area (Å²) in [5.41, 5.74) is 1.14. The van der Waals surface area contributed by atoms with Crippen molar-refractivity contribution in [1.82, 2.24) is 0 Å². The highest BCUT2D eigenvalue weighted by Gasteiger charge is 2.18. The molecule has 7 heteroatoms. The highest BCUT2D eigenvalue weighted by Crippen LogP contribution is 2.27. The van der Waals surface area contributed by atoms with Crippen LogP contribution in [0.1, 0.15) is 12.5 Å². The topological polar surface area (TPSA) is 64.6 Å². The second kappa shape index (κ2) is 9.27. The van der Waals surface area contributed by atoms with Crippen molar-refractivity contribution in [2.24, 2.45) is 0 Å². The summed E-state index contributed by atoms with van der Waals surface area (Å²) in [6, 6.07) is 11.8. The lowest BCUT2D eigenvalue weighted by Crippen LogP contribution is -2.29. The third-order valence-electron chi connectivity index (χ3n) is 3.34. The number of esters is 1. The average Bonchev–Trinajstić information content (AvgIpc) is 2.60. The van der Waals surface area contributed by atoms with E-state index in [0.717, 1.165) is 5.56 Å². The number of hydrogen-bond donors (Lipinski definition) is 1. The first-order valence-electron chi connectivity index (χ1n) is 7.67. The lowest BCUT2D eigenvalue weighted by molar-refractivity contribution is -0.148. The summed E-state index contributed by atoms with van der Waals surface area (Å²) in [6.45, 7) is 1.47. The summed E-state index contributed by atoms with van der Waals surface area (Å²) in [5, 5.41) is 3.62. The van der Waals surface area contributed by atoms with Crippen LogP contribution in [0.2, 0.25) is 10.0 Å². The largest absolute Gasteiger partial charge is 0.495 e. The highest BCUT2D eigenvalue weighted by atomic mass is 35.5. The fourth-order valence-corrected chi connectivity index (χ4v) is 2.42. The second-order valence-corrected chi connectivity index (χ2v) is 6.17. The first kappa shape index (κ1) is 19.8. The van der Waals surface area contributed by atoms with Gasteiger partial charge in [0.1, 0.15) is 5.75 Å². The van der Waals surface area contributed by atoms with Crippen LogP contribution in [0.5, 0.6) is 5.75 Å². The molecule has 1 N–H and O–H groups in total. The molecule has 5 nitrogen and oxygen atoms in total. The molecule has 0 aliphatic rings. The molecule has 2 aromatic rings. The van der Waals surface area contributed by atoms with E-state index < -0.39 is 18.0 Å². The molecule has 0 aliphatic carbocycles. The van der Waals surface area contributed by atoms with Gasteiger partial charge < -0.3 is 14.8 Å². The van der Waals surface area contributed by atoms with Crippen molar-refractivity contribution in [2.45, 2.75) is 13.0 Å². The van der Waals surface area contributed by atoms with Crippen molar-refractivity contribution in [3.8, 4) is 5.75 Å². The molecule has 0 fully saturated rings. The van der Waals surface area contributed by atoms with Gasteiger partial charge in [0.05, 0.1) is 12.8 Å². The quantitative estimate of drug-likeness (QED) is 0.575. The molecule has 26 heavy (non-hydrogen) atoms. The van der Waals surface area contributed by atoms with Gasteiger partial charge in [-0.1, -0.05) is 35.3 Å². The van der Waals surface area contributed by atoms with Crippen LogP contribution < -0.4 is 10.1 Å². The molecular weight excluding hydrogens is 377 g/mol. The standard InChI is InChI=1S/C19H17Cl2NO4/c1-12(19(24)22-16-11-15(21)7-8-17(16)25-2)26-18(23)9-6-13-4-3-5-14(20)10-13/h3-12H,1-2H3,(H,22,24)/b9-6+/t12-/m0/s1. The predicted octanol–water partition coefficient (Wildman–Crippen LogP) is 4.59. The lowest BCUT2D eigenvalue weighted by atomic mass is 10.2. The third kappa shape index (κ3) is 5.79. The van der Waals surface area contributed by atoms with E-state index in [4.69, 9.17) is 32.7 Å². The SMILES string of the molecule is COc1ccc(Cl)cc1NC(=O)[C@H](C)OC(=O)/C=C/c1cccc(Cl)c1. The lowest BCUT2D eigenvalue weighted by Gasteiger charge is -2.14. The number of carbonyl (C=O) groups is 2. The van der Waals surface area contributed by atoms with E-state index in [1.807, 2.05) is 0 Å². The van der Waals surface area contributed by atoms with E-state index >= 15 is 0 Å². The Hall–Kier alpha value is -2.50. The minimum atomic E-state index is -1.00. The maximum absolute atomic E-state index is 12.2. The minimum Gasteiger partial charge on any atom is -0.495 e. The molecule has 0 aromatic heterocycles. The minimum absolute atomic E-state index is 0.391. The fourth-order valence-electron chi connectivity index (χ4n) is 2.05. The molecule has 2 rings (SSSR count). The summed E-state index contributed by atoms with van der Waals surface area (Å²) in [4.78, 5) is 24.1. The van der Waals surface area contributed by atoms with Crippen molar-refractivity contribution in [3.05, 3.63) is 64.1 Å². The van der Waals surface area contributed by atoms with Crippen LogP contribution in [0, 0.1) is 0 Å². The molecule has 0 bridgehead atoms. The molecule has 1 atom stereocenters. The summed E-state index contributed by atoms with van der Waals surface area (Å²) in [6.07, 6.45) is 1.78. The Morgan fingerprint density at radius 2 is 1.85 bits per heavy atom. The van der Waals surface area contributed by atoms with Gasteiger partial charge in [0.15, 0.2) is 6.10 Å². The van der Waals surface area contributed by atoms with E-state index in [1.165, 1.54) is 20.1 Å². The van der Waals surface area contributed by atoms with E-state index in [9.17, 15) is 9.59 Å². The van der Waals surface area contributed by atoms with Gasteiger partial charge in [0, 0.05) is 16.1 Å². The van der Waals surface area contributed by atoms with Crippen molar-refractivity contribution in [1.29, 1.82) is 0 Å². The van der Waals surface area contributed by atoms with Crippen LogP contribution in [-0.4, -0.2) is 25.1 Å². The Morgan fingerprint density at radius 3 is 2.54 bits per heavy atom. The molecule has 0 saturated carbocycles. The van der Waals surface area contributed by atoms with Gasteiger partial charge in [0.2, 0.25) is 0 Å². The number of ether oxygens (including phenoxy) is 2. The number of amides is 1. The Labute approximate surface area is 161 Å². The molecule has 0 unspecified atom stereocenters. The van der Waals surface area contributed by atoms with E-state index in [2.05, 4.69) is 5.32 Å². The van der Waals surface area contributed by atoms with Crippen molar-refractivity contribution in [2.75, 3.05) is 12.4 Å². The van der Waals surface area contributed by atoms with Gasteiger partial charge in [-0.2, -0.15) is 0 Å². The van der Waals surface area contributed by atoms with Gasteiger partial charge in [0.25, 0.3) is 5.91 Å². The second-order valence-electron chi connectivity index (χ2n) is 5.30. The molecule has 0 heterocycles. The van der Waals surface area contributed by atoms with E-state index in [1.54, 1.807) is 48.5 Å². The first-order chi connectivity index (χ1) is 12.4. The molecule has 1 amide bonds. The third-order valence-corrected chi connectivity index (χ3v) is 3.81. The summed E-state index contributed by atoms with van der Waals surface area (Å²) >= 11 is 11.8. The summed E-state index contributed by atoms with van der Waals surface area (Å²) < 4.78 is 10.3. The number of rotatable bonds is 6. The zero-order chi connectivity index (χ0) is 19.1. The smallest absolute Gasteiger partial charge is 0.331 e. The molecule has 0 spiro atoms. The Bertz CT molecular complexity index is 836. The summed E-state index contributed by atoms with van der Waals surface area (Å²) in [5.74, 6) is -0.706. The number of anilines is 1. The molecule has 0 saturated heterocycles. The van der Waals surface area contributed by atoms with Crippen molar-refractivity contribution >= 4 is 46.8 Å². The Balaban J connectivity index is 1.96. The molecular formula is C19H17Cl2NO4. The number of methoxy groups -OCH3 is 1. The number of hydrogen-bond acceptors (Lipinski definition) is 4. The van der Waals surface area contributed by atoms with Crippen LogP contribution in [-0.2, 0) is 14.3 Å². The number of halogens is 2. The van der Waals surface area contributed by atoms with Crippen LogP contribution >= 0.6 is 23.2 Å². The van der Waals surface area contributed by atoms with Crippen molar-refractivity contribution < 1.29 is 19.1 Å². The van der Waals surface area contributed by atoms with E-state index in [0.29, 0.717) is 21.5 Å². The van der Waals surface area contributed by atoms with Crippen LogP contribution in [0.25, 0.3) is 6.08 Å². The monoisotopic (exact) mass is 393 g/mol. The first-order valence-corrected chi connectivity index (χ1v) is 8.43. The predicted molar refractivity (Wildman–Crippen MR) is 103 cm³/mol. The molecule has 0 radical (unpaired) electrons. The maximum atomic E-state index is 12.2. The zero-order valence-corrected chi connectivity index (χ0v) is 15.7. The summed E-state index contributed by atoms with van der Waals surface area (Å²) in [7, 11) is 1.48. The molecule has 136 valence electrons. The van der Waals surface area contributed by atoms with Crippen LogP contribution in [0.15, 0.2) is 48.5 Å². The zero-order valence-electron chi connectivity index (χ0n) is 14.2. The normalized spacial score (nSPS) is 11.8. The fraction of sp³-hybridized carbons (Fsp3) is 0.158. The van der Waals surface area contributed by atoms with Gasteiger partial charge in [-0.3, -0.25) is 4.79 Å². The van der Waals surface area contributed by atoms with Gasteiger partial charge >= 0.3 is 5.97 Å². The highest BCUT2D eigenvalue weighted by molar-refractivity contribution is 6.31.